The number of nitrogens with zero attached hydrogens (tertiary/aromatic N) is 2. The van der Waals surface area contributed by atoms with Crippen LogP contribution in [0.2, 0.25) is 5.15 Å². The molecule has 0 aliphatic heterocycles. The summed E-state index contributed by atoms with van der Waals surface area (Å²) in [7, 11) is 1.62. The maximum absolute atomic E-state index is 5.99. The summed E-state index contributed by atoms with van der Waals surface area (Å²) in [6.07, 6.45) is 0. The van der Waals surface area contributed by atoms with Crippen molar-refractivity contribution in [3.8, 4) is 11.4 Å². The molecule has 2 aromatic rings. The van der Waals surface area contributed by atoms with Gasteiger partial charge in [-0.25, -0.2) is 9.97 Å². The van der Waals surface area contributed by atoms with Gasteiger partial charge in [0, 0.05) is 17.1 Å². The van der Waals surface area contributed by atoms with Crippen LogP contribution in [0.25, 0.3) is 11.4 Å². The van der Waals surface area contributed by atoms with Crippen LogP contribution >= 0.6 is 27.5 Å². The maximum Gasteiger partial charge on any atom is 0.161 e. The Bertz CT molecular complexity index is 575. The lowest BCUT2D eigenvalue weighted by Crippen LogP contribution is -1.97. The lowest BCUT2D eigenvalue weighted by atomic mass is 10.1. The standard InChI is InChI=1S/C13H12BrClN2O/c1-8-3-4-9(5-11(8)14)13-16-10(7-18-2)6-12(15)17-13/h3-6H,7H2,1-2H3. The highest BCUT2D eigenvalue weighted by molar-refractivity contribution is 9.10. The summed E-state index contributed by atoms with van der Waals surface area (Å²) in [6, 6.07) is 7.68. The molecule has 1 aromatic carbocycles. The molecule has 0 atom stereocenters. The molecule has 18 heavy (non-hydrogen) atoms. The molecular formula is C13H12BrClN2O. The second-order valence-electron chi connectivity index (χ2n) is 3.90. The molecule has 2 rings (SSSR count). The lowest BCUT2D eigenvalue weighted by Gasteiger charge is -2.06. The van der Waals surface area contributed by atoms with Crippen molar-refractivity contribution in [2.75, 3.05) is 7.11 Å². The van der Waals surface area contributed by atoms with Crippen molar-refractivity contribution in [3.63, 3.8) is 0 Å². The van der Waals surface area contributed by atoms with E-state index >= 15 is 0 Å². The summed E-state index contributed by atoms with van der Waals surface area (Å²) in [6.45, 7) is 2.45. The number of methoxy groups -OCH3 is 1. The van der Waals surface area contributed by atoms with Gasteiger partial charge in [-0.3, -0.25) is 0 Å². The second-order valence-corrected chi connectivity index (χ2v) is 5.14. The number of hydrogen-bond acceptors (Lipinski definition) is 3. The Hall–Kier alpha value is -0.970. The van der Waals surface area contributed by atoms with Gasteiger partial charge in [-0.2, -0.15) is 0 Å². The largest absolute Gasteiger partial charge is 0.378 e. The molecule has 1 aromatic heterocycles. The first-order valence-electron chi connectivity index (χ1n) is 5.39. The van der Waals surface area contributed by atoms with Gasteiger partial charge in [-0.1, -0.05) is 39.7 Å². The predicted molar refractivity (Wildman–Crippen MR) is 75.6 cm³/mol. The molecule has 0 N–H and O–H groups in total. The van der Waals surface area contributed by atoms with Crippen LogP contribution in [0.4, 0.5) is 0 Å². The Kier molecular flexibility index (Phi) is 4.32. The third kappa shape index (κ3) is 3.07. The summed E-state index contributed by atoms with van der Waals surface area (Å²) in [5, 5.41) is 0.420. The highest BCUT2D eigenvalue weighted by atomic mass is 79.9. The van der Waals surface area contributed by atoms with Gasteiger partial charge in [0.25, 0.3) is 0 Å². The summed E-state index contributed by atoms with van der Waals surface area (Å²) in [5.74, 6) is 0.607. The van der Waals surface area contributed by atoms with Crippen LogP contribution in [0.1, 0.15) is 11.3 Å². The first kappa shape index (κ1) is 13.5. The quantitative estimate of drug-likeness (QED) is 0.799. The summed E-state index contributed by atoms with van der Waals surface area (Å²) in [5.41, 5.74) is 2.86. The molecule has 1 heterocycles. The summed E-state index contributed by atoms with van der Waals surface area (Å²) in [4.78, 5) is 8.66. The Labute approximate surface area is 119 Å². The Morgan fingerprint density at radius 3 is 2.72 bits per heavy atom. The minimum atomic E-state index is 0.419. The molecule has 0 radical (unpaired) electrons. The topological polar surface area (TPSA) is 35.0 Å². The van der Waals surface area contributed by atoms with Crippen molar-refractivity contribution >= 4 is 27.5 Å². The number of ether oxygens (including phenoxy) is 1. The van der Waals surface area contributed by atoms with Gasteiger partial charge in [0.2, 0.25) is 0 Å². The van der Waals surface area contributed by atoms with Gasteiger partial charge < -0.3 is 4.74 Å². The number of aryl methyl sites for hydroxylation is 1. The van der Waals surface area contributed by atoms with Gasteiger partial charge in [-0.15, -0.1) is 0 Å². The van der Waals surface area contributed by atoms with Crippen LogP contribution in [0.5, 0.6) is 0 Å². The summed E-state index contributed by atoms with van der Waals surface area (Å²) >= 11 is 9.49. The van der Waals surface area contributed by atoms with Crippen LogP contribution < -0.4 is 0 Å². The Morgan fingerprint density at radius 2 is 2.06 bits per heavy atom. The fourth-order valence-corrected chi connectivity index (χ4v) is 2.13. The molecular weight excluding hydrogens is 316 g/mol. The molecule has 0 fully saturated rings. The van der Waals surface area contributed by atoms with Gasteiger partial charge >= 0.3 is 0 Å². The van der Waals surface area contributed by atoms with E-state index in [4.69, 9.17) is 16.3 Å². The van der Waals surface area contributed by atoms with Gasteiger partial charge in [0.15, 0.2) is 5.82 Å². The molecule has 0 unspecified atom stereocenters. The molecule has 0 aliphatic rings. The van der Waals surface area contributed by atoms with E-state index in [0.717, 1.165) is 21.3 Å². The third-order valence-electron chi connectivity index (χ3n) is 2.47. The van der Waals surface area contributed by atoms with Gasteiger partial charge in [-0.05, 0) is 24.6 Å². The lowest BCUT2D eigenvalue weighted by molar-refractivity contribution is 0.181. The molecule has 0 bridgehead atoms. The second kappa shape index (κ2) is 5.78. The van der Waals surface area contributed by atoms with E-state index < -0.39 is 0 Å². The Balaban J connectivity index is 2.46. The minimum Gasteiger partial charge on any atom is -0.378 e. The smallest absolute Gasteiger partial charge is 0.161 e. The van der Waals surface area contributed by atoms with Gasteiger partial charge in [0.05, 0.1) is 12.3 Å². The first-order valence-corrected chi connectivity index (χ1v) is 6.56. The molecule has 0 aliphatic carbocycles. The van der Waals surface area contributed by atoms with Crippen molar-refractivity contribution in [1.29, 1.82) is 0 Å². The van der Waals surface area contributed by atoms with E-state index in [1.165, 1.54) is 0 Å². The fraction of sp³-hybridized carbons (Fsp3) is 0.231. The molecule has 5 heteroatoms. The monoisotopic (exact) mass is 326 g/mol. The average molecular weight is 328 g/mol. The highest BCUT2D eigenvalue weighted by Crippen LogP contribution is 2.24. The van der Waals surface area contributed by atoms with E-state index in [1.54, 1.807) is 13.2 Å². The van der Waals surface area contributed by atoms with Crippen LogP contribution in [-0.4, -0.2) is 17.1 Å². The number of benzene rings is 1. The van der Waals surface area contributed by atoms with Crippen molar-refractivity contribution in [2.24, 2.45) is 0 Å². The molecule has 94 valence electrons. The van der Waals surface area contributed by atoms with Crippen molar-refractivity contribution in [1.82, 2.24) is 9.97 Å². The zero-order valence-electron chi connectivity index (χ0n) is 10.1. The number of halogens is 2. The fourth-order valence-electron chi connectivity index (χ4n) is 1.55. The zero-order valence-corrected chi connectivity index (χ0v) is 12.4. The van der Waals surface area contributed by atoms with Crippen LogP contribution in [0.3, 0.4) is 0 Å². The SMILES string of the molecule is COCc1cc(Cl)nc(-c2ccc(C)c(Br)c2)n1. The number of rotatable bonds is 3. The molecule has 0 amide bonds. The predicted octanol–water partition coefficient (Wildman–Crippen LogP) is 4.01. The molecule has 0 spiro atoms. The van der Waals surface area contributed by atoms with Crippen molar-refractivity contribution in [2.45, 2.75) is 13.5 Å². The molecule has 0 saturated carbocycles. The normalized spacial score (nSPS) is 10.7. The number of hydrogen-bond donors (Lipinski definition) is 0. The van der Waals surface area contributed by atoms with E-state index in [9.17, 15) is 0 Å². The Morgan fingerprint density at radius 1 is 1.28 bits per heavy atom. The zero-order chi connectivity index (χ0) is 13.1. The maximum atomic E-state index is 5.99. The van der Waals surface area contributed by atoms with Crippen molar-refractivity contribution < 1.29 is 4.74 Å². The van der Waals surface area contributed by atoms with E-state index in [0.29, 0.717) is 17.6 Å². The first-order chi connectivity index (χ1) is 8.60. The molecule has 0 saturated heterocycles. The average Bonchev–Trinajstić information content (AvgIpc) is 2.32. The number of aromatic nitrogens is 2. The molecule has 3 nitrogen and oxygen atoms in total. The van der Waals surface area contributed by atoms with Crippen molar-refractivity contribution in [3.05, 3.63) is 45.1 Å². The van der Waals surface area contributed by atoms with Crippen LogP contribution in [0.15, 0.2) is 28.7 Å². The third-order valence-corrected chi connectivity index (χ3v) is 3.52. The summed E-state index contributed by atoms with van der Waals surface area (Å²) < 4.78 is 6.08. The van der Waals surface area contributed by atoms with Crippen LogP contribution in [0, 0.1) is 6.92 Å². The van der Waals surface area contributed by atoms with Gasteiger partial charge in [0.1, 0.15) is 5.15 Å². The van der Waals surface area contributed by atoms with E-state index in [1.807, 2.05) is 25.1 Å². The van der Waals surface area contributed by atoms with E-state index in [2.05, 4.69) is 25.9 Å². The minimum absolute atomic E-state index is 0.419. The highest BCUT2D eigenvalue weighted by Gasteiger charge is 2.07. The van der Waals surface area contributed by atoms with Crippen LogP contribution in [-0.2, 0) is 11.3 Å². The van der Waals surface area contributed by atoms with E-state index in [-0.39, 0.29) is 0 Å².